The van der Waals surface area contributed by atoms with Gasteiger partial charge in [-0.1, -0.05) is 11.8 Å². The van der Waals surface area contributed by atoms with Crippen LogP contribution in [0.3, 0.4) is 0 Å². The molecule has 2 amide bonds. The summed E-state index contributed by atoms with van der Waals surface area (Å²) < 4.78 is 0. The molecule has 5 nitrogen and oxygen atoms in total. The second-order valence-electron chi connectivity index (χ2n) is 4.17. The zero-order chi connectivity index (χ0) is 15.1. The van der Waals surface area contributed by atoms with Crippen molar-refractivity contribution in [3.05, 3.63) is 21.4 Å². The number of aryl methyl sites for hydroxylation is 1. The number of hydrogen-bond acceptors (Lipinski definition) is 4. The maximum absolute atomic E-state index is 11.9. The molecule has 0 saturated carbocycles. The van der Waals surface area contributed by atoms with E-state index < -0.39 is 0 Å². The molecule has 0 bridgehead atoms. The molecule has 1 aromatic rings. The lowest BCUT2D eigenvalue weighted by atomic mass is 10.2. The van der Waals surface area contributed by atoms with Crippen molar-refractivity contribution in [3.8, 4) is 11.8 Å². The first-order valence-electron chi connectivity index (χ1n) is 6.21. The number of aliphatic hydroxyl groups is 1. The Morgan fingerprint density at radius 3 is 2.80 bits per heavy atom. The quantitative estimate of drug-likeness (QED) is 0.799. The number of thiophene rings is 1. The molecular weight excluding hydrogens is 276 g/mol. The third-order valence-electron chi connectivity index (χ3n) is 2.72. The van der Waals surface area contributed by atoms with Crippen LogP contribution in [-0.4, -0.2) is 48.6 Å². The van der Waals surface area contributed by atoms with Crippen LogP contribution in [-0.2, 0) is 4.79 Å². The number of aliphatic hydroxyl groups excluding tert-OH is 1. The summed E-state index contributed by atoms with van der Waals surface area (Å²) in [7, 11) is 1.69. The van der Waals surface area contributed by atoms with Crippen molar-refractivity contribution in [1.82, 2.24) is 10.2 Å². The highest BCUT2D eigenvalue weighted by Crippen LogP contribution is 2.20. The Bertz CT molecular complexity index is 555. The maximum Gasteiger partial charge on any atom is 0.261 e. The standard InChI is InChI=1S/C14H18N2O3S/c1-4-16(3)13(18)9-15-14(19)12-8-10(2)11(20-12)6-5-7-17/h8,17H,4,7,9H2,1-3H3,(H,15,19). The molecule has 6 heteroatoms. The molecule has 0 aliphatic carbocycles. The van der Waals surface area contributed by atoms with Gasteiger partial charge in [0, 0.05) is 13.6 Å². The summed E-state index contributed by atoms with van der Waals surface area (Å²) in [5, 5.41) is 11.3. The van der Waals surface area contributed by atoms with Crippen molar-refractivity contribution >= 4 is 23.2 Å². The molecule has 108 valence electrons. The minimum absolute atomic E-state index is 0.0161. The predicted octanol–water partition coefficient (Wildman–Crippen LogP) is 0.608. The molecule has 1 heterocycles. The molecule has 0 aliphatic heterocycles. The van der Waals surface area contributed by atoms with Gasteiger partial charge in [-0.25, -0.2) is 0 Å². The molecule has 0 atom stereocenters. The number of amides is 2. The summed E-state index contributed by atoms with van der Waals surface area (Å²) in [5.41, 5.74) is 0.887. The van der Waals surface area contributed by atoms with E-state index in [2.05, 4.69) is 17.2 Å². The second-order valence-corrected chi connectivity index (χ2v) is 5.23. The largest absolute Gasteiger partial charge is 0.384 e. The Balaban J connectivity index is 2.67. The predicted molar refractivity (Wildman–Crippen MR) is 78.7 cm³/mol. The van der Waals surface area contributed by atoms with Crippen LogP contribution in [0.4, 0.5) is 0 Å². The van der Waals surface area contributed by atoms with Gasteiger partial charge in [0.1, 0.15) is 6.61 Å². The molecule has 0 spiro atoms. The van der Waals surface area contributed by atoms with Crippen LogP contribution in [0.1, 0.15) is 27.0 Å². The van der Waals surface area contributed by atoms with E-state index in [1.54, 1.807) is 13.1 Å². The average molecular weight is 294 g/mol. The highest BCUT2D eigenvalue weighted by atomic mass is 32.1. The monoisotopic (exact) mass is 294 g/mol. The Hall–Kier alpha value is -1.84. The van der Waals surface area contributed by atoms with Gasteiger partial charge in [0.15, 0.2) is 0 Å². The summed E-state index contributed by atoms with van der Waals surface area (Å²) in [6.07, 6.45) is 0. The highest BCUT2D eigenvalue weighted by molar-refractivity contribution is 7.14. The lowest BCUT2D eigenvalue weighted by Crippen LogP contribution is -2.37. The van der Waals surface area contributed by atoms with E-state index in [0.717, 1.165) is 10.4 Å². The number of hydrogen-bond donors (Lipinski definition) is 2. The van der Waals surface area contributed by atoms with Crippen molar-refractivity contribution < 1.29 is 14.7 Å². The fraction of sp³-hybridized carbons (Fsp3) is 0.429. The van der Waals surface area contributed by atoms with E-state index in [-0.39, 0.29) is 25.0 Å². The van der Waals surface area contributed by atoms with E-state index in [0.29, 0.717) is 11.4 Å². The first kappa shape index (κ1) is 16.2. The molecule has 1 aromatic heterocycles. The molecule has 20 heavy (non-hydrogen) atoms. The zero-order valence-corrected chi connectivity index (χ0v) is 12.6. The summed E-state index contributed by atoms with van der Waals surface area (Å²) in [4.78, 5) is 26.3. The van der Waals surface area contributed by atoms with Crippen molar-refractivity contribution in [1.29, 1.82) is 0 Å². The molecule has 0 aromatic carbocycles. The summed E-state index contributed by atoms with van der Waals surface area (Å²) >= 11 is 1.25. The zero-order valence-electron chi connectivity index (χ0n) is 11.8. The van der Waals surface area contributed by atoms with Crippen molar-refractivity contribution in [3.63, 3.8) is 0 Å². The van der Waals surface area contributed by atoms with Crippen LogP contribution in [0.25, 0.3) is 0 Å². The number of nitrogens with one attached hydrogen (secondary N) is 1. The Morgan fingerprint density at radius 1 is 1.50 bits per heavy atom. The van der Waals surface area contributed by atoms with E-state index in [1.807, 2.05) is 13.8 Å². The van der Waals surface area contributed by atoms with E-state index in [4.69, 9.17) is 5.11 Å². The van der Waals surface area contributed by atoms with Crippen molar-refractivity contribution in [2.75, 3.05) is 26.7 Å². The van der Waals surface area contributed by atoms with Gasteiger partial charge < -0.3 is 15.3 Å². The van der Waals surface area contributed by atoms with Crippen LogP contribution in [0, 0.1) is 18.8 Å². The minimum Gasteiger partial charge on any atom is -0.384 e. The summed E-state index contributed by atoms with van der Waals surface area (Å²) in [5.74, 6) is 4.93. The Morgan fingerprint density at radius 2 is 2.20 bits per heavy atom. The van der Waals surface area contributed by atoms with Gasteiger partial charge in [-0.2, -0.15) is 0 Å². The molecule has 0 aliphatic rings. The van der Waals surface area contributed by atoms with Gasteiger partial charge in [-0.05, 0) is 25.5 Å². The Labute approximate surface area is 122 Å². The van der Waals surface area contributed by atoms with E-state index >= 15 is 0 Å². The summed E-state index contributed by atoms with van der Waals surface area (Å²) in [6, 6.07) is 1.73. The van der Waals surface area contributed by atoms with Gasteiger partial charge in [0.25, 0.3) is 5.91 Å². The smallest absolute Gasteiger partial charge is 0.261 e. The lowest BCUT2D eigenvalue weighted by molar-refractivity contribution is -0.128. The highest BCUT2D eigenvalue weighted by Gasteiger charge is 2.13. The SMILES string of the molecule is CCN(C)C(=O)CNC(=O)c1cc(C)c(C#CCO)s1. The van der Waals surface area contributed by atoms with Crippen molar-refractivity contribution in [2.24, 2.45) is 0 Å². The van der Waals surface area contributed by atoms with Crippen LogP contribution < -0.4 is 5.32 Å². The molecule has 0 saturated heterocycles. The van der Waals surface area contributed by atoms with Crippen LogP contribution in [0.5, 0.6) is 0 Å². The number of carbonyl (C=O) groups excluding carboxylic acids is 2. The van der Waals surface area contributed by atoms with E-state index in [1.165, 1.54) is 16.2 Å². The second kappa shape index (κ2) is 7.68. The van der Waals surface area contributed by atoms with Crippen LogP contribution in [0.2, 0.25) is 0 Å². The minimum atomic E-state index is -0.284. The van der Waals surface area contributed by atoms with Crippen LogP contribution >= 0.6 is 11.3 Å². The molecule has 0 radical (unpaired) electrons. The molecule has 2 N–H and O–H groups in total. The van der Waals surface area contributed by atoms with Gasteiger partial charge in [0.05, 0.1) is 16.3 Å². The van der Waals surface area contributed by atoms with Gasteiger partial charge in [-0.15, -0.1) is 11.3 Å². The number of likely N-dealkylation sites (N-methyl/N-ethyl adjacent to an activating group) is 1. The topological polar surface area (TPSA) is 69.6 Å². The molecule has 0 unspecified atom stereocenters. The third kappa shape index (κ3) is 4.37. The maximum atomic E-state index is 11.9. The number of nitrogens with zero attached hydrogens (tertiary/aromatic N) is 1. The number of rotatable bonds is 4. The summed E-state index contributed by atoms with van der Waals surface area (Å²) in [6.45, 7) is 4.10. The average Bonchev–Trinajstić information content (AvgIpc) is 2.82. The van der Waals surface area contributed by atoms with Crippen LogP contribution in [0.15, 0.2) is 6.07 Å². The first-order valence-corrected chi connectivity index (χ1v) is 7.03. The van der Waals surface area contributed by atoms with Gasteiger partial charge >= 0.3 is 0 Å². The fourth-order valence-electron chi connectivity index (χ4n) is 1.39. The van der Waals surface area contributed by atoms with Gasteiger partial charge in [-0.3, -0.25) is 9.59 Å². The van der Waals surface area contributed by atoms with Crippen molar-refractivity contribution in [2.45, 2.75) is 13.8 Å². The van der Waals surface area contributed by atoms with E-state index in [9.17, 15) is 9.59 Å². The fourth-order valence-corrected chi connectivity index (χ4v) is 2.36. The molecule has 1 rings (SSSR count). The third-order valence-corrected chi connectivity index (χ3v) is 3.87. The first-order chi connectivity index (χ1) is 9.49. The normalized spacial score (nSPS) is 9.60. The Kier molecular flexibility index (Phi) is 6.22. The lowest BCUT2D eigenvalue weighted by Gasteiger charge is -2.14. The number of carbonyl (C=O) groups is 2. The van der Waals surface area contributed by atoms with Gasteiger partial charge in [0.2, 0.25) is 5.91 Å². The molecule has 0 fully saturated rings. The molecular formula is C14H18N2O3S.